The first-order valence-corrected chi connectivity index (χ1v) is 14.5. The molecule has 0 N–H and O–H groups in total. The molecule has 2 heterocycles. The zero-order chi connectivity index (χ0) is 29.5. The number of thiazole rings is 1. The molecule has 0 radical (unpaired) electrons. The molecule has 0 fully saturated rings. The lowest BCUT2D eigenvalue weighted by molar-refractivity contribution is 0.0791. The van der Waals surface area contributed by atoms with Crippen LogP contribution >= 0.6 is 11.3 Å². The van der Waals surface area contributed by atoms with Crippen molar-refractivity contribution >= 4 is 17.2 Å². The Kier molecular flexibility index (Phi) is 9.45. The van der Waals surface area contributed by atoms with Gasteiger partial charge in [-0.15, -0.1) is 11.3 Å². The molecule has 0 aliphatic carbocycles. The number of rotatable bonds is 13. The van der Waals surface area contributed by atoms with Gasteiger partial charge in [-0.2, -0.15) is 0 Å². The monoisotopic (exact) mass is 589 g/mol. The fourth-order valence-electron chi connectivity index (χ4n) is 4.76. The topological polar surface area (TPSA) is 82.6 Å². The number of hydrogen-bond acceptors (Lipinski definition) is 9. The third-order valence-electron chi connectivity index (χ3n) is 7.07. The van der Waals surface area contributed by atoms with Gasteiger partial charge in [0.1, 0.15) is 16.5 Å². The predicted molar refractivity (Wildman–Crippen MR) is 161 cm³/mol. The maximum atomic E-state index is 13.2. The van der Waals surface area contributed by atoms with Crippen molar-refractivity contribution in [3.8, 4) is 28.7 Å². The molecule has 1 aliphatic heterocycles. The van der Waals surface area contributed by atoms with Gasteiger partial charge in [0.25, 0.3) is 5.91 Å². The SMILES string of the molecule is COc1ccc(CN(Cc2ccc3c(c2)OCO3)Cc2nc(C(=O)N(C)CCc3ccc(OC)c(OC)c3)cs2)cc1. The van der Waals surface area contributed by atoms with Gasteiger partial charge in [0, 0.05) is 32.1 Å². The Labute approximate surface area is 250 Å². The minimum Gasteiger partial charge on any atom is -0.497 e. The van der Waals surface area contributed by atoms with E-state index < -0.39 is 0 Å². The molecule has 5 rings (SSSR count). The van der Waals surface area contributed by atoms with E-state index in [-0.39, 0.29) is 12.7 Å². The van der Waals surface area contributed by atoms with Crippen LogP contribution in [0.2, 0.25) is 0 Å². The molecule has 4 aromatic rings. The van der Waals surface area contributed by atoms with Gasteiger partial charge in [0.15, 0.2) is 23.0 Å². The molecule has 10 heteroatoms. The Morgan fingerprint density at radius 1 is 0.833 bits per heavy atom. The molecular formula is C32H35N3O6S. The second-order valence-electron chi connectivity index (χ2n) is 9.97. The summed E-state index contributed by atoms with van der Waals surface area (Å²) in [6.07, 6.45) is 0.685. The van der Waals surface area contributed by atoms with E-state index in [1.807, 2.05) is 47.8 Å². The van der Waals surface area contributed by atoms with Crippen molar-refractivity contribution in [1.29, 1.82) is 0 Å². The van der Waals surface area contributed by atoms with Crippen molar-refractivity contribution in [3.05, 3.63) is 93.4 Å². The van der Waals surface area contributed by atoms with Crippen LogP contribution in [0.25, 0.3) is 0 Å². The summed E-state index contributed by atoms with van der Waals surface area (Å²) in [7, 11) is 6.69. The maximum absolute atomic E-state index is 13.2. The molecule has 0 unspecified atom stereocenters. The highest BCUT2D eigenvalue weighted by Gasteiger charge is 2.19. The van der Waals surface area contributed by atoms with Gasteiger partial charge in [0.05, 0.1) is 27.9 Å². The summed E-state index contributed by atoms with van der Waals surface area (Å²) in [6, 6.07) is 19.9. The van der Waals surface area contributed by atoms with Gasteiger partial charge in [-0.25, -0.2) is 4.98 Å². The molecule has 0 spiro atoms. The first-order valence-electron chi connectivity index (χ1n) is 13.6. The summed E-state index contributed by atoms with van der Waals surface area (Å²) < 4.78 is 27.1. The molecule has 0 bridgehead atoms. The summed E-state index contributed by atoms with van der Waals surface area (Å²) in [6.45, 7) is 2.76. The summed E-state index contributed by atoms with van der Waals surface area (Å²) in [5.41, 5.74) is 3.77. The van der Waals surface area contributed by atoms with E-state index in [1.165, 1.54) is 11.3 Å². The first kappa shape index (κ1) is 29.2. The number of carbonyl (C=O) groups is 1. The largest absolute Gasteiger partial charge is 0.497 e. The fourth-order valence-corrected chi connectivity index (χ4v) is 5.57. The predicted octanol–water partition coefficient (Wildman–Crippen LogP) is 5.41. The van der Waals surface area contributed by atoms with Crippen molar-refractivity contribution in [1.82, 2.24) is 14.8 Å². The molecule has 42 heavy (non-hydrogen) atoms. The quantitative estimate of drug-likeness (QED) is 0.205. The van der Waals surface area contributed by atoms with Crippen LogP contribution in [-0.2, 0) is 26.1 Å². The highest BCUT2D eigenvalue weighted by Crippen LogP contribution is 2.33. The Morgan fingerprint density at radius 2 is 1.55 bits per heavy atom. The smallest absolute Gasteiger partial charge is 0.273 e. The van der Waals surface area contributed by atoms with E-state index in [0.717, 1.165) is 38.9 Å². The normalized spacial score (nSPS) is 11.9. The fraction of sp³-hybridized carbons (Fsp3) is 0.312. The Bertz CT molecular complexity index is 1510. The molecule has 0 saturated carbocycles. The summed E-state index contributed by atoms with van der Waals surface area (Å²) in [5, 5.41) is 2.72. The van der Waals surface area contributed by atoms with Crippen LogP contribution in [0.1, 0.15) is 32.2 Å². The van der Waals surface area contributed by atoms with Crippen molar-refractivity contribution in [3.63, 3.8) is 0 Å². The number of aromatic nitrogens is 1. The molecule has 0 atom stereocenters. The van der Waals surface area contributed by atoms with E-state index in [2.05, 4.69) is 23.1 Å². The second kappa shape index (κ2) is 13.6. The Morgan fingerprint density at radius 3 is 2.31 bits per heavy atom. The summed E-state index contributed by atoms with van der Waals surface area (Å²) in [5.74, 6) is 3.59. The number of ether oxygens (including phenoxy) is 5. The average Bonchev–Trinajstić information content (AvgIpc) is 3.69. The van der Waals surface area contributed by atoms with Crippen LogP contribution in [0.15, 0.2) is 66.0 Å². The van der Waals surface area contributed by atoms with E-state index >= 15 is 0 Å². The standard InChI is InChI=1S/C32H35N3O6S/c1-34(14-13-22-7-11-27(38-3)29(15-22)39-4)32(36)26-20-42-31(33-26)19-35(17-23-5-9-25(37-2)10-6-23)18-24-8-12-28-30(16-24)41-21-40-28/h5-12,15-16,20H,13-14,17-19,21H2,1-4H3. The lowest BCUT2D eigenvalue weighted by Crippen LogP contribution is -2.29. The van der Waals surface area contributed by atoms with Gasteiger partial charge in [-0.3, -0.25) is 9.69 Å². The van der Waals surface area contributed by atoms with Crippen LogP contribution < -0.4 is 23.7 Å². The molecule has 3 aromatic carbocycles. The zero-order valence-electron chi connectivity index (χ0n) is 24.3. The van der Waals surface area contributed by atoms with Gasteiger partial charge < -0.3 is 28.6 Å². The van der Waals surface area contributed by atoms with Crippen LogP contribution in [0.4, 0.5) is 0 Å². The number of methoxy groups -OCH3 is 3. The molecule has 9 nitrogen and oxygen atoms in total. The number of nitrogens with zero attached hydrogens (tertiary/aromatic N) is 3. The molecule has 0 saturated heterocycles. The summed E-state index contributed by atoms with van der Waals surface area (Å²) in [4.78, 5) is 21.9. The zero-order valence-corrected chi connectivity index (χ0v) is 25.1. The maximum Gasteiger partial charge on any atom is 0.273 e. The van der Waals surface area contributed by atoms with Crippen LogP contribution in [-0.4, -0.2) is 62.4 Å². The van der Waals surface area contributed by atoms with Crippen molar-refractivity contribution < 1.29 is 28.5 Å². The van der Waals surface area contributed by atoms with Crippen LogP contribution in [0.3, 0.4) is 0 Å². The highest BCUT2D eigenvalue weighted by molar-refractivity contribution is 7.09. The Hall–Kier alpha value is -4.28. The number of fused-ring (bicyclic) bond motifs is 1. The summed E-state index contributed by atoms with van der Waals surface area (Å²) >= 11 is 1.50. The van der Waals surface area contributed by atoms with E-state index in [1.54, 1.807) is 33.3 Å². The van der Waals surface area contributed by atoms with E-state index in [9.17, 15) is 4.79 Å². The van der Waals surface area contributed by atoms with E-state index in [0.29, 0.717) is 49.8 Å². The Balaban J connectivity index is 1.25. The van der Waals surface area contributed by atoms with Crippen molar-refractivity contribution in [2.75, 3.05) is 41.7 Å². The number of likely N-dealkylation sites (N-methyl/N-ethyl adjacent to an activating group) is 1. The van der Waals surface area contributed by atoms with Crippen molar-refractivity contribution in [2.24, 2.45) is 0 Å². The van der Waals surface area contributed by atoms with Gasteiger partial charge in [-0.1, -0.05) is 24.3 Å². The number of carbonyl (C=O) groups excluding carboxylic acids is 1. The molecular weight excluding hydrogens is 554 g/mol. The number of hydrogen-bond donors (Lipinski definition) is 0. The second-order valence-corrected chi connectivity index (χ2v) is 10.9. The molecule has 1 aromatic heterocycles. The first-order chi connectivity index (χ1) is 20.4. The lowest BCUT2D eigenvalue weighted by Gasteiger charge is -2.22. The van der Waals surface area contributed by atoms with Crippen molar-refractivity contribution in [2.45, 2.75) is 26.1 Å². The lowest BCUT2D eigenvalue weighted by atomic mass is 10.1. The number of benzene rings is 3. The minimum absolute atomic E-state index is 0.101. The average molecular weight is 590 g/mol. The van der Waals surface area contributed by atoms with Gasteiger partial charge in [0.2, 0.25) is 6.79 Å². The highest BCUT2D eigenvalue weighted by atomic mass is 32.1. The molecule has 1 amide bonds. The van der Waals surface area contributed by atoms with E-state index in [4.69, 9.17) is 28.7 Å². The third kappa shape index (κ3) is 7.13. The van der Waals surface area contributed by atoms with Gasteiger partial charge >= 0.3 is 0 Å². The van der Waals surface area contributed by atoms with Gasteiger partial charge in [-0.05, 0) is 59.5 Å². The third-order valence-corrected chi connectivity index (χ3v) is 7.90. The minimum atomic E-state index is -0.101. The van der Waals surface area contributed by atoms with Crippen LogP contribution in [0, 0.1) is 0 Å². The van der Waals surface area contributed by atoms with Crippen LogP contribution in [0.5, 0.6) is 28.7 Å². The molecule has 1 aliphatic rings. The molecule has 220 valence electrons. The number of amides is 1.